The Morgan fingerprint density at radius 1 is 1.07 bits per heavy atom. The number of benzene rings is 1. The topological polar surface area (TPSA) is 66.6 Å². The molecule has 1 atom stereocenters. The molecule has 2 N–H and O–H groups in total. The Morgan fingerprint density at radius 2 is 1.86 bits per heavy atom. The van der Waals surface area contributed by atoms with Crippen LogP contribution in [0.15, 0.2) is 59.7 Å². The minimum absolute atomic E-state index is 0. The molecule has 0 saturated heterocycles. The zero-order valence-electron chi connectivity index (χ0n) is 16.5. The van der Waals surface area contributed by atoms with E-state index in [1.165, 1.54) is 5.56 Å². The molecule has 0 fully saturated rings. The van der Waals surface area contributed by atoms with E-state index in [0.29, 0.717) is 6.04 Å². The number of rotatable bonds is 8. The molecule has 3 aromatic rings. The third kappa shape index (κ3) is 6.47. The van der Waals surface area contributed by atoms with Gasteiger partial charge in [-0.1, -0.05) is 36.4 Å². The number of fused-ring (bicyclic) bond motifs is 1. The van der Waals surface area contributed by atoms with Crippen LogP contribution in [0.1, 0.15) is 31.2 Å². The van der Waals surface area contributed by atoms with Crippen molar-refractivity contribution in [3.05, 3.63) is 66.1 Å². The van der Waals surface area contributed by atoms with E-state index in [-0.39, 0.29) is 24.0 Å². The first-order valence-corrected chi connectivity index (χ1v) is 9.56. The molecule has 0 radical (unpaired) electrons. The maximum Gasteiger partial charge on any atom is 0.191 e. The quantitative estimate of drug-likeness (QED) is 0.219. The maximum atomic E-state index is 4.33. The van der Waals surface area contributed by atoms with E-state index in [4.69, 9.17) is 0 Å². The lowest BCUT2D eigenvalue weighted by Crippen LogP contribution is -2.42. The molecule has 3 rings (SSSR count). The van der Waals surface area contributed by atoms with Gasteiger partial charge >= 0.3 is 0 Å². The van der Waals surface area contributed by atoms with Gasteiger partial charge in [-0.05, 0) is 43.9 Å². The third-order valence-corrected chi connectivity index (χ3v) is 4.57. The van der Waals surface area contributed by atoms with Crippen molar-refractivity contribution >= 4 is 35.6 Å². The predicted octanol–water partition coefficient (Wildman–Crippen LogP) is 3.47. The Hall–Kier alpha value is -2.16. The molecule has 0 bridgehead atoms. The molecule has 7 heteroatoms. The van der Waals surface area contributed by atoms with Gasteiger partial charge in [0.05, 0.1) is 0 Å². The summed E-state index contributed by atoms with van der Waals surface area (Å²) in [6, 6.07) is 16.9. The van der Waals surface area contributed by atoms with Crippen LogP contribution < -0.4 is 10.6 Å². The van der Waals surface area contributed by atoms with Gasteiger partial charge in [-0.25, -0.2) is 0 Å². The fraction of sp³-hybridized carbons (Fsp3) is 0.381. The predicted molar refractivity (Wildman–Crippen MR) is 125 cm³/mol. The Labute approximate surface area is 183 Å². The van der Waals surface area contributed by atoms with Crippen molar-refractivity contribution in [1.29, 1.82) is 0 Å². The molecule has 0 aliphatic heterocycles. The first-order valence-electron chi connectivity index (χ1n) is 9.56. The van der Waals surface area contributed by atoms with Crippen LogP contribution in [-0.4, -0.2) is 40.2 Å². The van der Waals surface area contributed by atoms with Crippen LogP contribution in [-0.2, 0) is 12.8 Å². The lowest BCUT2D eigenvalue weighted by Gasteiger charge is -2.18. The van der Waals surface area contributed by atoms with Crippen molar-refractivity contribution in [3.8, 4) is 0 Å². The van der Waals surface area contributed by atoms with Gasteiger partial charge in [0.25, 0.3) is 0 Å². The number of aryl methyl sites for hydroxylation is 2. The summed E-state index contributed by atoms with van der Waals surface area (Å²) < 4.78 is 2.04. The minimum atomic E-state index is 0. The van der Waals surface area contributed by atoms with Gasteiger partial charge in [0.15, 0.2) is 11.6 Å². The highest BCUT2D eigenvalue weighted by Crippen LogP contribution is 2.06. The second kappa shape index (κ2) is 11.6. The number of hydrogen-bond acceptors (Lipinski definition) is 3. The molecule has 2 aromatic heterocycles. The largest absolute Gasteiger partial charge is 0.356 e. The van der Waals surface area contributed by atoms with E-state index in [1.54, 1.807) is 0 Å². The lowest BCUT2D eigenvalue weighted by molar-refractivity contribution is 0.590. The highest BCUT2D eigenvalue weighted by atomic mass is 127. The van der Waals surface area contributed by atoms with Crippen LogP contribution >= 0.6 is 24.0 Å². The van der Waals surface area contributed by atoms with Gasteiger partial charge < -0.3 is 10.6 Å². The van der Waals surface area contributed by atoms with E-state index >= 15 is 0 Å². The lowest BCUT2D eigenvalue weighted by atomic mass is 10.1. The Kier molecular flexibility index (Phi) is 9.19. The number of aromatic nitrogens is 3. The van der Waals surface area contributed by atoms with Gasteiger partial charge in [-0.3, -0.25) is 9.39 Å². The molecule has 150 valence electrons. The summed E-state index contributed by atoms with van der Waals surface area (Å²) in [5.41, 5.74) is 2.26. The van der Waals surface area contributed by atoms with Crippen molar-refractivity contribution in [2.45, 2.75) is 38.6 Å². The molecule has 0 amide bonds. The Bertz CT molecular complexity index is 861. The molecular weight excluding hydrogens is 463 g/mol. The van der Waals surface area contributed by atoms with E-state index in [9.17, 15) is 0 Å². The van der Waals surface area contributed by atoms with Gasteiger partial charge in [-0.15, -0.1) is 34.2 Å². The highest BCUT2D eigenvalue weighted by Gasteiger charge is 2.07. The molecule has 1 unspecified atom stereocenters. The summed E-state index contributed by atoms with van der Waals surface area (Å²) in [5.74, 6) is 1.84. The summed E-state index contributed by atoms with van der Waals surface area (Å²) >= 11 is 0. The summed E-state index contributed by atoms with van der Waals surface area (Å²) in [4.78, 5) is 4.33. The van der Waals surface area contributed by atoms with Crippen LogP contribution in [0.4, 0.5) is 0 Å². The van der Waals surface area contributed by atoms with Gasteiger partial charge in [0, 0.05) is 32.3 Å². The van der Waals surface area contributed by atoms with Crippen LogP contribution in [0.3, 0.4) is 0 Å². The molecule has 28 heavy (non-hydrogen) atoms. The van der Waals surface area contributed by atoms with Crippen molar-refractivity contribution in [3.63, 3.8) is 0 Å². The SMILES string of the molecule is CN=C(NCCCc1nnc2ccccn12)NC(C)CCc1ccccc1.I. The number of nitrogens with zero attached hydrogens (tertiary/aromatic N) is 4. The van der Waals surface area contributed by atoms with Gasteiger partial charge in [0.1, 0.15) is 5.82 Å². The molecule has 0 spiro atoms. The second-order valence-electron chi connectivity index (χ2n) is 6.72. The summed E-state index contributed by atoms with van der Waals surface area (Å²) in [6.07, 6.45) is 5.98. The Morgan fingerprint density at radius 3 is 2.64 bits per heavy atom. The van der Waals surface area contributed by atoms with Crippen LogP contribution in [0, 0.1) is 0 Å². The van der Waals surface area contributed by atoms with E-state index in [1.807, 2.05) is 35.8 Å². The number of hydrogen-bond donors (Lipinski definition) is 2. The van der Waals surface area contributed by atoms with Gasteiger partial charge in [-0.2, -0.15) is 0 Å². The fourth-order valence-corrected chi connectivity index (χ4v) is 3.04. The molecule has 2 heterocycles. The van der Waals surface area contributed by atoms with E-state index in [0.717, 1.165) is 49.7 Å². The minimum Gasteiger partial charge on any atom is -0.356 e. The van der Waals surface area contributed by atoms with Crippen LogP contribution in [0.25, 0.3) is 5.65 Å². The number of nitrogens with one attached hydrogen (secondary N) is 2. The second-order valence-corrected chi connectivity index (χ2v) is 6.72. The summed E-state index contributed by atoms with van der Waals surface area (Å²) in [6.45, 7) is 3.03. The van der Waals surface area contributed by atoms with Gasteiger partial charge in [0.2, 0.25) is 0 Å². The van der Waals surface area contributed by atoms with E-state index < -0.39 is 0 Å². The average molecular weight is 492 g/mol. The molecular formula is C21H29IN6. The van der Waals surface area contributed by atoms with Crippen molar-refractivity contribution in [2.24, 2.45) is 4.99 Å². The molecule has 0 aliphatic carbocycles. The third-order valence-electron chi connectivity index (χ3n) is 4.57. The zero-order valence-corrected chi connectivity index (χ0v) is 18.8. The first-order chi connectivity index (χ1) is 13.3. The molecule has 6 nitrogen and oxygen atoms in total. The average Bonchev–Trinajstić information content (AvgIpc) is 3.12. The maximum absolute atomic E-state index is 4.33. The van der Waals surface area contributed by atoms with Crippen LogP contribution in [0.2, 0.25) is 0 Å². The van der Waals surface area contributed by atoms with Crippen molar-refractivity contribution in [1.82, 2.24) is 25.2 Å². The van der Waals surface area contributed by atoms with E-state index in [2.05, 4.69) is 63.1 Å². The summed E-state index contributed by atoms with van der Waals surface area (Å²) in [7, 11) is 1.81. The zero-order chi connectivity index (χ0) is 18.9. The Balaban J connectivity index is 0.00000280. The standard InChI is InChI=1S/C21H28N6.HI/c1-17(13-14-18-9-4-3-5-10-18)24-21(22-2)23-15-8-12-20-26-25-19-11-6-7-16-27(19)20;/h3-7,9-11,16-17H,8,12-15H2,1-2H3,(H2,22,23,24);1H. The van der Waals surface area contributed by atoms with Crippen molar-refractivity contribution < 1.29 is 0 Å². The summed E-state index contributed by atoms with van der Waals surface area (Å²) in [5, 5.41) is 15.3. The monoisotopic (exact) mass is 492 g/mol. The first kappa shape index (κ1) is 22.1. The molecule has 0 aliphatic rings. The van der Waals surface area contributed by atoms with Crippen molar-refractivity contribution in [2.75, 3.05) is 13.6 Å². The smallest absolute Gasteiger partial charge is 0.191 e. The number of aliphatic imine (C=N–C) groups is 1. The van der Waals surface area contributed by atoms with Crippen LogP contribution in [0.5, 0.6) is 0 Å². The fourth-order valence-electron chi connectivity index (χ4n) is 3.04. The number of guanidine groups is 1. The molecule has 1 aromatic carbocycles. The molecule has 0 saturated carbocycles. The normalized spacial score (nSPS) is 12.4. The number of halogens is 1. The highest BCUT2D eigenvalue weighted by molar-refractivity contribution is 14.0. The number of pyridine rings is 1.